The number of sulfonamides is 1. The number of likely N-dealkylation sites (tertiary alicyclic amines) is 1. The van der Waals surface area contributed by atoms with Crippen LogP contribution in [0.5, 0.6) is 0 Å². The molecule has 31 heavy (non-hydrogen) atoms. The normalized spacial score (nSPS) is 16.4. The number of nitrogens with zero attached hydrogens (tertiary/aromatic N) is 2. The van der Waals surface area contributed by atoms with Crippen molar-refractivity contribution in [3.05, 3.63) is 60.1 Å². The molecule has 1 aromatic carbocycles. The largest absolute Gasteiger partial charge is 0.468 e. The van der Waals surface area contributed by atoms with E-state index in [1.165, 1.54) is 12.8 Å². The Labute approximate surface area is 185 Å². The maximum atomic E-state index is 12.3. The SMILES string of the molecule is CCNC(=NCC(c1ccco1)N1CCCC1)NCCS(=O)(=O)NCc1ccccc1. The van der Waals surface area contributed by atoms with Crippen LogP contribution in [0.1, 0.15) is 37.1 Å². The van der Waals surface area contributed by atoms with Gasteiger partial charge in [0.25, 0.3) is 0 Å². The minimum absolute atomic E-state index is 0.0298. The zero-order valence-corrected chi connectivity index (χ0v) is 18.9. The van der Waals surface area contributed by atoms with Gasteiger partial charge in [-0.3, -0.25) is 9.89 Å². The molecule has 1 aliphatic rings. The molecule has 0 aliphatic carbocycles. The smallest absolute Gasteiger partial charge is 0.213 e. The van der Waals surface area contributed by atoms with E-state index in [-0.39, 0.29) is 24.9 Å². The Morgan fingerprint density at radius 3 is 2.58 bits per heavy atom. The van der Waals surface area contributed by atoms with Crippen LogP contribution in [-0.4, -0.2) is 57.8 Å². The van der Waals surface area contributed by atoms with Gasteiger partial charge in [-0.15, -0.1) is 0 Å². The van der Waals surface area contributed by atoms with Gasteiger partial charge in [0.05, 0.1) is 24.6 Å². The molecule has 0 saturated carbocycles. The maximum absolute atomic E-state index is 12.3. The summed E-state index contributed by atoms with van der Waals surface area (Å²) in [4.78, 5) is 7.10. The summed E-state index contributed by atoms with van der Waals surface area (Å²) in [5.41, 5.74) is 0.930. The third kappa shape index (κ3) is 7.68. The molecule has 2 aromatic rings. The van der Waals surface area contributed by atoms with E-state index in [2.05, 4.69) is 20.3 Å². The number of nitrogens with one attached hydrogen (secondary N) is 3. The first kappa shape index (κ1) is 23.3. The molecule has 3 N–H and O–H groups in total. The number of hydrogen-bond donors (Lipinski definition) is 3. The second-order valence-corrected chi connectivity index (χ2v) is 9.47. The van der Waals surface area contributed by atoms with E-state index in [0.29, 0.717) is 19.0 Å². The topological polar surface area (TPSA) is 99.0 Å². The molecular weight excluding hydrogens is 414 g/mol. The van der Waals surface area contributed by atoms with Crippen molar-refractivity contribution in [2.45, 2.75) is 32.4 Å². The van der Waals surface area contributed by atoms with Crippen molar-refractivity contribution in [3.63, 3.8) is 0 Å². The first-order valence-corrected chi connectivity index (χ1v) is 12.5. The van der Waals surface area contributed by atoms with Crippen LogP contribution < -0.4 is 15.4 Å². The lowest BCUT2D eigenvalue weighted by Gasteiger charge is -2.24. The van der Waals surface area contributed by atoms with Gasteiger partial charge in [0.2, 0.25) is 10.0 Å². The van der Waals surface area contributed by atoms with Crippen molar-refractivity contribution in [1.29, 1.82) is 0 Å². The van der Waals surface area contributed by atoms with Crippen LogP contribution in [0, 0.1) is 0 Å². The second kappa shape index (κ2) is 11.9. The lowest BCUT2D eigenvalue weighted by Crippen LogP contribution is -2.41. The molecule has 0 amide bonds. The minimum Gasteiger partial charge on any atom is -0.468 e. The van der Waals surface area contributed by atoms with Crippen molar-refractivity contribution in [3.8, 4) is 0 Å². The van der Waals surface area contributed by atoms with Gasteiger partial charge < -0.3 is 15.1 Å². The lowest BCUT2D eigenvalue weighted by atomic mass is 10.2. The van der Waals surface area contributed by atoms with Crippen LogP contribution in [0.3, 0.4) is 0 Å². The monoisotopic (exact) mass is 447 g/mol. The fourth-order valence-corrected chi connectivity index (χ4v) is 4.51. The van der Waals surface area contributed by atoms with Gasteiger partial charge in [0, 0.05) is 19.6 Å². The van der Waals surface area contributed by atoms with Crippen LogP contribution >= 0.6 is 0 Å². The number of benzene rings is 1. The Hall–Kier alpha value is -2.36. The van der Waals surface area contributed by atoms with E-state index in [9.17, 15) is 8.42 Å². The van der Waals surface area contributed by atoms with Crippen molar-refractivity contribution in [2.24, 2.45) is 4.99 Å². The highest BCUT2D eigenvalue weighted by Gasteiger charge is 2.25. The Morgan fingerprint density at radius 2 is 1.90 bits per heavy atom. The number of hydrogen-bond acceptors (Lipinski definition) is 5. The van der Waals surface area contributed by atoms with Crippen LogP contribution in [0.25, 0.3) is 0 Å². The van der Waals surface area contributed by atoms with Gasteiger partial charge in [-0.1, -0.05) is 30.3 Å². The number of aliphatic imine (C=N–C) groups is 1. The molecule has 1 aliphatic heterocycles. The summed E-state index contributed by atoms with van der Waals surface area (Å²) >= 11 is 0. The van der Waals surface area contributed by atoms with Crippen LogP contribution in [-0.2, 0) is 16.6 Å². The standard InChI is InChI=1S/C22H33N5O3S/c1-2-23-22(24-12-16-31(28,29)26-17-19-9-4-3-5-10-19)25-18-20(21-11-8-15-30-21)27-13-6-7-14-27/h3-5,8-11,15,20,26H,2,6-7,12-14,16-18H2,1H3,(H2,23,24,25). The van der Waals surface area contributed by atoms with Crippen molar-refractivity contribution >= 4 is 16.0 Å². The fourth-order valence-electron chi connectivity index (χ4n) is 3.60. The minimum atomic E-state index is -3.39. The summed E-state index contributed by atoms with van der Waals surface area (Å²) < 4.78 is 32.9. The molecule has 9 heteroatoms. The molecule has 8 nitrogen and oxygen atoms in total. The second-order valence-electron chi connectivity index (χ2n) is 7.55. The quantitative estimate of drug-likeness (QED) is 0.360. The number of furan rings is 1. The van der Waals surface area contributed by atoms with Crippen LogP contribution in [0.2, 0.25) is 0 Å². The molecule has 0 bridgehead atoms. The average Bonchev–Trinajstić information content (AvgIpc) is 3.48. The summed E-state index contributed by atoms with van der Waals surface area (Å²) in [6, 6.07) is 13.5. The molecule has 1 unspecified atom stereocenters. The highest BCUT2D eigenvalue weighted by atomic mass is 32.2. The van der Waals surface area contributed by atoms with Gasteiger partial charge >= 0.3 is 0 Å². The molecule has 1 fully saturated rings. The van der Waals surface area contributed by atoms with E-state index in [4.69, 9.17) is 9.41 Å². The lowest BCUT2D eigenvalue weighted by molar-refractivity contribution is 0.221. The summed E-state index contributed by atoms with van der Waals surface area (Å²) in [6.45, 7) is 5.86. The maximum Gasteiger partial charge on any atom is 0.213 e. The first-order valence-electron chi connectivity index (χ1n) is 10.9. The molecule has 0 spiro atoms. The zero-order valence-electron chi connectivity index (χ0n) is 18.1. The number of rotatable bonds is 11. The van der Waals surface area contributed by atoms with Gasteiger partial charge in [-0.05, 0) is 50.6 Å². The Morgan fingerprint density at radius 1 is 1.13 bits per heavy atom. The summed E-state index contributed by atoms with van der Waals surface area (Å²) in [7, 11) is -3.39. The summed E-state index contributed by atoms with van der Waals surface area (Å²) in [5.74, 6) is 1.49. The summed E-state index contributed by atoms with van der Waals surface area (Å²) in [5, 5.41) is 6.33. The Kier molecular flexibility index (Phi) is 8.93. The van der Waals surface area contributed by atoms with Crippen LogP contribution in [0.15, 0.2) is 58.1 Å². The van der Waals surface area contributed by atoms with E-state index < -0.39 is 10.0 Å². The van der Waals surface area contributed by atoms with Gasteiger partial charge in [0.1, 0.15) is 5.76 Å². The average molecular weight is 448 g/mol. The molecule has 3 rings (SSSR count). The van der Waals surface area contributed by atoms with Gasteiger partial charge in [-0.25, -0.2) is 13.1 Å². The van der Waals surface area contributed by atoms with Crippen molar-refractivity contribution < 1.29 is 12.8 Å². The number of guanidine groups is 1. The third-order valence-electron chi connectivity index (χ3n) is 5.22. The zero-order chi connectivity index (χ0) is 21.9. The van der Waals surface area contributed by atoms with Gasteiger partial charge in [-0.2, -0.15) is 0 Å². The van der Waals surface area contributed by atoms with E-state index in [0.717, 1.165) is 24.4 Å². The highest BCUT2D eigenvalue weighted by molar-refractivity contribution is 7.89. The van der Waals surface area contributed by atoms with E-state index >= 15 is 0 Å². The third-order valence-corrected chi connectivity index (χ3v) is 6.55. The molecule has 170 valence electrons. The molecule has 0 radical (unpaired) electrons. The predicted octanol–water partition coefficient (Wildman–Crippen LogP) is 2.09. The fraction of sp³-hybridized carbons (Fsp3) is 0.500. The van der Waals surface area contributed by atoms with Crippen molar-refractivity contribution in [2.75, 3.05) is 38.5 Å². The molecule has 1 aromatic heterocycles. The van der Waals surface area contributed by atoms with E-state index in [1.54, 1.807) is 6.26 Å². The van der Waals surface area contributed by atoms with Gasteiger partial charge in [0.15, 0.2) is 5.96 Å². The van der Waals surface area contributed by atoms with Crippen molar-refractivity contribution in [1.82, 2.24) is 20.3 Å². The molecule has 1 atom stereocenters. The molecular formula is C22H33N5O3S. The van der Waals surface area contributed by atoms with E-state index in [1.807, 2.05) is 49.4 Å². The highest BCUT2D eigenvalue weighted by Crippen LogP contribution is 2.25. The Balaban J connectivity index is 1.52. The first-order chi connectivity index (χ1) is 15.1. The van der Waals surface area contributed by atoms with Crippen LogP contribution in [0.4, 0.5) is 0 Å². The molecule has 1 saturated heterocycles. The summed E-state index contributed by atoms with van der Waals surface area (Å²) in [6.07, 6.45) is 4.07. The molecule has 2 heterocycles. The Bertz CT molecular complexity index is 894. The predicted molar refractivity (Wildman–Crippen MR) is 123 cm³/mol.